The summed E-state index contributed by atoms with van der Waals surface area (Å²) in [4.78, 5) is 25.1. The third-order valence-corrected chi connectivity index (χ3v) is 7.64. The van der Waals surface area contributed by atoms with Gasteiger partial charge in [-0.1, -0.05) is 50.3 Å². The molecule has 3 aromatic rings. The van der Waals surface area contributed by atoms with Crippen LogP contribution >= 0.6 is 11.3 Å². The number of thiophene rings is 1. The van der Waals surface area contributed by atoms with E-state index in [-0.39, 0.29) is 18.4 Å². The number of carbonyl (C=O) groups is 2. The Balaban J connectivity index is 1.41. The van der Waals surface area contributed by atoms with Gasteiger partial charge in [0.1, 0.15) is 0 Å². The van der Waals surface area contributed by atoms with Gasteiger partial charge >= 0.3 is 0 Å². The summed E-state index contributed by atoms with van der Waals surface area (Å²) in [6.07, 6.45) is 8.35. The lowest BCUT2D eigenvalue weighted by molar-refractivity contribution is -0.120. The fourth-order valence-corrected chi connectivity index (χ4v) is 5.65. The van der Waals surface area contributed by atoms with Crippen molar-refractivity contribution in [3.63, 3.8) is 0 Å². The van der Waals surface area contributed by atoms with Crippen molar-refractivity contribution in [3.8, 4) is 11.5 Å². The number of rotatable bonds is 10. The maximum atomic E-state index is 12.6. The Morgan fingerprint density at radius 1 is 1.03 bits per heavy atom. The quantitative estimate of drug-likeness (QED) is 0.279. The van der Waals surface area contributed by atoms with E-state index in [4.69, 9.17) is 9.47 Å². The third kappa shape index (κ3) is 6.43. The van der Waals surface area contributed by atoms with E-state index in [1.54, 1.807) is 29.5 Å². The summed E-state index contributed by atoms with van der Waals surface area (Å²) in [5, 5.41) is 10.5. The molecule has 1 saturated carbocycles. The lowest BCUT2D eigenvalue weighted by atomic mass is 9.85. The van der Waals surface area contributed by atoms with Gasteiger partial charge in [-0.3, -0.25) is 9.59 Å². The highest BCUT2D eigenvalue weighted by molar-refractivity contribution is 7.17. The van der Waals surface area contributed by atoms with Crippen LogP contribution in [-0.4, -0.2) is 38.3 Å². The minimum Gasteiger partial charge on any atom is -0.493 e. The average Bonchev–Trinajstić information content (AvgIpc) is 3.36. The number of hydrogen-bond acceptors (Lipinski definition) is 6. The maximum absolute atomic E-state index is 12.6. The average molecular weight is 508 g/mol. The molecule has 1 aliphatic carbocycles. The summed E-state index contributed by atoms with van der Waals surface area (Å²) < 4.78 is 11.7. The molecule has 0 unspecified atom stereocenters. The number of hydrazone groups is 1. The van der Waals surface area contributed by atoms with Crippen LogP contribution in [0.2, 0.25) is 0 Å². The zero-order chi connectivity index (χ0) is 25.3. The lowest BCUT2D eigenvalue weighted by Gasteiger charge is -2.21. The van der Waals surface area contributed by atoms with Crippen molar-refractivity contribution in [2.75, 3.05) is 20.8 Å². The number of amides is 2. The van der Waals surface area contributed by atoms with Crippen LogP contribution in [0.25, 0.3) is 10.1 Å². The molecule has 190 valence electrons. The van der Waals surface area contributed by atoms with Gasteiger partial charge in [-0.25, -0.2) is 5.43 Å². The number of nitrogens with one attached hydrogen (secondary N) is 2. The lowest BCUT2D eigenvalue weighted by Crippen LogP contribution is -2.35. The molecular weight excluding hydrogens is 474 g/mol. The van der Waals surface area contributed by atoms with E-state index in [0.717, 1.165) is 29.5 Å². The first-order valence-electron chi connectivity index (χ1n) is 12.4. The Morgan fingerprint density at radius 2 is 1.81 bits per heavy atom. The van der Waals surface area contributed by atoms with Crippen molar-refractivity contribution < 1.29 is 19.1 Å². The molecule has 1 heterocycles. The van der Waals surface area contributed by atoms with Crippen molar-refractivity contribution in [2.24, 2.45) is 11.0 Å². The summed E-state index contributed by atoms with van der Waals surface area (Å²) in [5.74, 6) is 0.938. The fraction of sp³-hybridized carbons (Fsp3) is 0.393. The molecule has 8 heteroatoms. The van der Waals surface area contributed by atoms with Crippen molar-refractivity contribution in [3.05, 3.63) is 59.0 Å². The third-order valence-electron chi connectivity index (χ3n) is 6.68. The van der Waals surface area contributed by atoms with Crippen LogP contribution in [0.3, 0.4) is 0 Å². The normalized spacial score (nSPS) is 14.4. The summed E-state index contributed by atoms with van der Waals surface area (Å²) in [5.41, 5.74) is 5.00. The van der Waals surface area contributed by atoms with E-state index in [9.17, 15) is 9.59 Å². The van der Waals surface area contributed by atoms with E-state index >= 15 is 0 Å². The van der Waals surface area contributed by atoms with Crippen molar-refractivity contribution in [1.82, 2.24) is 10.7 Å². The zero-order valence-electron chi connectivity index (χ0n) is 20.8. The predicted molar refractivity (Wildman–Crippen MR) is 144 cm³/mol. The molecule has 0 aliphatic heterocycles. The number of benzene rings is 2. The van der Waals surface area contributed by atoms with E-state index in [1.165, 1.54) is 51.0 Å². The van der Waals surface area contributed by atoms with E-state index in [2.05, 4.69) is 33.4 Å². The molecule has 1 fully saturated rings. The first kappa shape index (κ1) is 25.7. The maximum Gasteiger partial charge on any atom is 0.259 e. The topological polar surface area (TPSA) is 89.0 Å². The largest absolute Gasteiger partial charge is 0.493 e. The predicted octanol–water partition coefficient (Wildman–Crippen LogP) is 5.53. The van der Waals surface area contributed by atoms with Crippen LogP contribution in [0.4, 0.5) is 0 Å². The van der Waals surface area contributed by atoms with Gasteiger partial charge in [0.05, 0.1) is 26.5 Å². The highest BCUT2D eigenvalue weighted by Gasteiger charge is 2.17. The molecule has 1 aliphatic rings. The van der Waals surface area contributed by atoms with Crippen LogP contribution in [0.15, 0.2) is 52.9 Å². The summed E-state index contributed by atoms with van der Waals surface area (Å²) in [6, 6.07) is 13.1. The molecule has 7 nitrogen and oxygen atoms in total. The molecule has 0 bridgehead atoms. The number of nitrogens with zero attached hydrogens (tertiary/aromatic N) is 1. The minimum atomic E-state index is -0.378. The SMILES string of the molecule is COc1ccc(C(=O)NCC(=O)N/N=C(\CCC2CCCCC2)c2csc3ccccc23)cc1OC. The molecule has 0 saturated heterocycles. The minimum absolute atomic E-state index is 0.184. The molecule has 0 atom stereocenters. The van der Waals surface area contributed by atoms with Crippen LogP contribution in [-0.2, 0) is 4.79 Å². The van der Waals surface area contributed by atoms with Crippen LogP contribution in [0.1, 0.15) is 60.9 Å². The Bertz CT molecular complexity index is 1230. The van der Waals surface area contributed by atoms with Crippen LogP contribution < -0.4 is 20.2 Å². The van der Waals surface area contributed by atoms with Crippen LogP contribution in [0.5, 0.6) is 11.5 Å². The van der Waals surface area contributed by atoms with Gasteiger partial charge in [0.2, 0.25) is 0 Å². The highest BCUT2D eigenvalue weighted by atomic mass is 32.1. The Kier molecular flexibility index (Phi) is 8.95. The first-order chi connectivity index (χ1) is 17.6. The van der Waals surface area contributed by atoms with E-state index in [0.29, 0.717) is 23.0 Å². The number of fused-ring (bicyclic) bond motifs is 1. The molecule has 2 amide bonds. The van der Waals surface area contributed by atoms with Crippen molar-refractivity contribution in [2.45, 2.75) is 44.9 Å². The van der Waals surface area contributed by atoms with Gasteiger partial charge in [0, 0.05) is 26.6 Å². The Morgan fingerprint density at radius 3 is 2.58 bits per heavy atom. The summed E-state index contributed by atoms with van der Waals surface area (Å²) in [6.45, 7) is -0.184. The Hall–Kier alpha value is -3.39. The second-order valence-corrected chi connectivity index (χ2v) is 9.95. The zero-order valence-corrected chi connectivity index (χ0v) is 21.7. The standard InChI is InChI=1S/C28H33N3O4S/c1-34-24-15-13-20(16-25(24)35-2)28(33)29-17-27(32)31-30-23(14-12-19-8-4-3-5-9-19)22-18-36-26-11-7-6-10-21(22)26/h6-7,10-11,13,15-16,18-19H,3-5,8-9,12,14,17H2,1-2H3,(H,29,33)(H,31,32)/b30-23+. The number of hydrogen-bond donors (Lipinski definition) is 2. The van der Waals surface area contributed by atoms with Gasteiger partial charge in [-0.2, -0.15) is 5.10 Å². The molecule has 1 aromatic heterocycles. The van der Waals surface area contributed by atoms with Gasteiger partial charge in [0.15, 0.2) is 11.5 Å². The number of carbonyl (C=O) groups excluding carboxylic acids is 2. The van der Waals surface area contributed by atoms with Gasteiger partial charge < -0.3 is 14.8 Å². The smallest absolute Gasteiger partial charge is 0.259 e. The molecule has 2 aromatic carbocycles. The number of methoxy groups -OCH3 is 2. The van der Waals surface area contributed by atoms with Gasteiger partial charge in [0.25, 0.3) is 11.8 Å². The second kappa shape index (κ2) is 12.5. The second-order valence-electron chi connectivity index (χ2n) is 9.03. The highest BCUT2D eigenvalue weighted by Crippen LogP contribution is 2.31. The fourth-order valence-electron chi connectivity index (χ4n) is 4.68. The molecule has 4 rings (SSSR count). The monoisotopic (exact) mass is 507 g/mol. The molecular formula is C28H33N3O4S. The van der Waals surface area contributed by atoms with Gasteiger partial charge in [-0.15, -0.1) is 11.3 Å². The summed E-state index contributed by atoms with van der Waals surface area (Å²) in [7, 11) is 3.04. The van der Waals surface area contributed by atoms with E-state index in [1.807, 2.05) is 12.1 Å². The first-order valence-corrected chi connectivity index (χ1v) is 13.3. The van der Waals surface area contributed by atoms with Crippen LogP contribution in [0, 0.1) is 5.92 Å². The Labute approximate surface area is 215 Å². The van der Waals surface area contributed by atoms with Gasteiger partial charge in [-0.05, 0) is 43.0 Å². The summed E-state index contributed by atoms with van der Waals surface area (Å²) >= 11 is 1.69. The van der Waals surface area contributed by atoms with E-state index < -0.39 is 0 Å². The molecule has 0 spiro atoms. The molecule has 0 radical (unpaired) electrons. The van der Waals surface area contributed by atoms with Crippen molar-refractivity contribution in [1.29, 1.82) is 0 Å². The van der Waals surface area contributed by atoms with Crippen molar-refractivity contribution >= 4 is 38.9 Å². The molecule has 2 N–H and O–H groups in total. The molecule has 36 heavy (non-hydrogen) atoms. The number of ether oxygens (including phenoxy) is 2.